The number of hydrogen-bond acceptors (Lipinski definition) is 3. The molecule has 0 fully saturated rings. The molecule has 0 saturated heterocycles. The van der Waals surface area contributed by atoms with Gasteiger partial charge in [-0.3, -0.25) is 9.59 Å². The van der Waals surface area contributed by atoms with E-state index in [1.54, 1.807) is 6.92 Å². The van der Waals surface area contributed by atoms with Crippen molar-refractivity contribution in [3.8, 4) is 0 Å². The van der Waals surface area contributed by atoms with Crippen LogP contribution in [-0.4, -0.2) is 29.6 Å². The molecule has 0 aliphatic carbocycles. The average molecular weight is 270 g/mol. The highest BCUT2D eigenvalue weighted by molar-refractivity contribution is 6.04. The third-order valence-corrected chi connectivity index (χ3v) is 2.89. The molecule has 0 radical (unpaired) electrons. The molecule has 5 nitrogen and oxygen atoms in total. The first kappa shape index (κ1) is 13.3. The van der Waals surface area contributed by atoms with Crippen LogP contribution in [-0.2, 0) is 9.59 Å². The minimum Gasteiger partial charge on any atom is -0.481 e. The number of nitrogens with zero attached hydrogens (tertiary/aromatic N) is 1. The van der Waals surface area contributed by atoms with Gasteiger partial charge in [-0.1, -0.05) is 0 Å². The van der Waals surface area contributed by atoms with Crippen molar-refractivity contribution >= 4 is 23.3 Å². The number of nitrogens with one attached hydrogen (secondary N) is 1. The van der Waals surface area contributed by atoms with Crippen LogP contribution >= 0.6 is 0 Å². The highest BCUT2D eigenvalue weighted by atomic mass is 19.2. The molecule has 1 aromatic carbocycles. The molecule has 19 heavy (non-hydrogen) atoms. The molecule has 1 amide bonds. The summed E-state index contributed by atoms with van der Waals surface area (Å²) in [7, 11) is 0. The zero-order valence-corrected chi connectivity index (χ0v) is 10.1. The predicted octanol–water partition coefficient (Wildman–Crippen LogP) is 1.59. The zero-order chi connectivity index (χ0) is 14.2. The molecule has 2 rings (SSSR count). The van der Waals surface area contributed by atoms with E-state index in [-0.39, 0.29) is 30.2 Å². The smallest absolute Gasteiger partial charge is 0.305 e. The van der Waals surface area contributed by atoms with Gasteiger partial charge in [-0.05, 0) is 6.92 Å². The van der Waals surface area contributed by atoms with Crippen molar-refractivity contribution < 1.29 is 23.5 Å². The van der Waals surface area contributed by atoms with Gasteiger partial charge in [0.05, 0.1) is 17.8 Å². The molecule has 1 aliphatic rings. The Morgan fingerprint density at radius 1 is 1.42 bits per heavy atom. The Morgan fingerprint density at radius 3 is 2.68 bits per heavy atom. The van der Waals surface area contributed by atoms with E-state index >= 15 is 0 Å². The van der Waals surface area contributed by atoms with E-state index in [1.807, 2.05) is 0 Å². The second kappa shape index (κ2) is 4.83. The average Bonchev–Trinajstić information content (AvgIpc) is 2.32. The number of aliphatic carboxylic acids is 1. The van der Waals surface area contributed by atoms with Crippen LogP contribution in [0.5, 0.6) is 0 Å². The van der Waals surface area contributed by atoms with Crippen LogP contribution in [0.25, 0.3) is 0 Å². The quantitative estimate of drug-likeness (QED) is 0.875. The van der Waals surface area contributed by atoms with Gasteiger partial charge in [-0.15, -0.1) is 0 Å². The van der Waals surface area contributed by atoms with Gasteiger partial charge in [0, 0.05) is 18.7 Å². The first-order valence-corrected chi connectivity index (χ1v) is 5.69. The van der Waals surface area contributed by atoms with Crippen LogP contribution in [0, 0.1) is 11.6 Å². The van der Waals surface area contributed by atoms with Crippen molar-refractivity contribution in [1.82, 2.24) is 0 Å². The minimum atomic E-state index is -1.08. The van der Waals surface area contributed by atoms with Gasteiger partial charge in [0.15, 0.2) is 11.6 Å². The number of carboxylic acids is 1. The number of amides is 1. The number of carbonyl (C=O) groups excluding carboxylic acids is 1. The molecule has 102 valence electrons. The lowest BCUT2D eigenvalue weighted by atomic mass is 10.1. The molecule has 1 aromatic rings. The van der Waals surface area contributed by atoms with Gasteiger partial charge in [0.2, 0.25) is 5.91 Å². The van der Waals surface area contributed by atoms with Crippen molar-refractivity contribution in [1.29, 1.82) is 0 Å². The summed E-state index contributed by atoms with van der Waals surface area (Å²) in [6, 6.07) is 1.23. The molecule has 1 aliphatic heterocycles. The molecule has 1 atom stereocenters. The molecule has 0 saturated carbocycles. The fraction of sp³-hybridized carbons (Fsp3) is 0.333. The second-order valence-corrected chi connectivity index (χ2v) is 4.28. The lowest BCUT2D eigenvalue weighted by molar-refractivity contribution is -0.136. The van der Waals surface area contributed by atoms with E-state index in [0.29, 0.717) is 0 Å². The molecular weight excluding hydrogens is 258 g/mol. The number of fused-ring (bicyclic) bond motifs is 1. The molecule has 0 bridgehead atoms. The van der Waals surface area contributed by atoms with Crippen molar-refractivity contribution in [2.24, 2.45) is 0 Å². The Bertz CT molecular complexity index is 548. The molecule has 7 heteroatoms. The number of rotatable bonds is 3. The highest BCUT2D eigenvalue weighted by Gasteiger charge is 2.30. The Morgan fingerprint density at radius 2 is 2.05 bits per heavy atom. The summed E-state index contributed by atoms with van der Waals surface area (Å²) in [5.74, 6) is -3.54. The SMILES string of the molecule is CC1Nc2cc(F)c(F)cc2N(CCC(=O)O)C1=O. The number of halogens is 2. The van der Waals surface area contributed by atoms with Gasteiger partial charge in [-0.2, -0.15) is 0 Å². The van der Waals surface area contributed by atoms with E-state index in [1.165, 1.54) is 0 Å². The summed E-state index contributed by atoms with van der Waals surface area (Å²) in [4.78, 5) is 23.7. The number of anilines is 2. The Hall–Kier alpha value is -2.18. The van der Waals surface area contributed by atoms with Crippen molar-refractivity contribution in [3.05, 3.63) is 23.8 Å². The zero-order valence-electron chi connectivity index (χ0n) is 10.1. The maximum absolute atomic E-state index is 13.2. The van der Waals surface area contributed by atoms with Crippen LogP contribution in [0.15, 0.2) is 12.1 Å². The summed E-state index contributed by atoms with van der Waals surface area (Å²) < 4.78 is 26.4. The van der Waals surface area contributed by atoms with E-state index in [0.717, 1.165) is 17.0 Å². The predicted molar refractivity (Wildman–Crippen MR) is 64.0 cm³/mol. The molecule has 0 spiro atoms. The number of benzene rings is 1. The normalized spacial score (nSPS) is 17.9. The monoisotopic (exact) mass is 270 g/mol. The lowest BCUT2D eigenvalue weighted by Crippen LogP contribution is -2.46. The minimum absolute atomic E-state index is 0.0851. The van der Waals surface area contributed by atoms with E-state index in [2.05, 4.69) is 5.32 Å². The Kier molecular flexibility index (Phi) is 3.37. The van der Waals surface area contributed by atoms with Gasteiger partial charge >= 0.3 is 5.97 Å². The molecular formula is C12H12F2N2O3. The van der Waals surface area contributed by atoms with Crippen molar-refractivity contribution in [2.75, 3.05) is 16.8 Å². The number of carboxylic acid groups (broad SMARTS) is 1. The van der Waals surface area contributed by atoms with Crippen molar-refractivity contribution in [3.63, 3.8) is 0 Å². The van der Waals surface area contributed by atoms with Crippen LogP contribution in [0.3, 0.4) is 0 Å². The van der Waals surface area contributed by atoms with Crippen LogP contribution < -0.4 is 10.2 Å². The first-order chi connectivity index (χ1) is 8.90. The maximum Gasteiger partial charge on any atom is 0.305 e. The van der Waals surface area contributed by atoms with E-state index in [4.69, 9.17) is 5.11 Å². The lowest BCUT2D eigenvalue weighted by Gasteiger charge is -2.33. The number of hydrogen-bond donors (Lipinski definition) is 2. The Labute approximate surface area is 107 Å². The summed E-state index contributed by atoms with van der Waals surface area (Å²) in [6.07, 6.45) is -0.267. The van der Waals surface area contributed by atoms with Gasteiger partial charge in [0.1, 0.15) is 6.04 Å². The summed E-state index contributed by atoms with van der Waals surface area (Å²) in [5.41, 5.74) is 0.430. The fourth-order valence-electron chi connectivity index (χ4n) is 1.96. The highest BCUT2D eigenvalue weighted by Crippen LogP contribution is 2.33. The van der Waals surface area contributed by atoms with Crippen LogP contribution in [0.1, 0.15) is 13.3 Å². The molecule has 1 heterocycles. The summed E-state index contributed by atoms with van der Waals surface area (Å²) >= 11 is 0. The fourth-order valence-corrected chi connectivity index (χ4v) is 1.96. The van der Waals surface area contributed by atoms with Crippen molar-refractivity contribution in [2.45, 2.75) is 19.4 Å². The Balaban J connectivity index is 2.40. The summed E-state index contributed by atoms with van der Waals surface area (Å²) in [5, 5.41) is 11.4. The third-order valence-electron chi connectivity index (χ3n) is 2.89. The van der Waals surface area contributed by atoms with Gasteiger partial charge < -0.3 is 15.3 Å². The van der Waals surface area contributed by atoms with E-state index in [9.17, 15) is 18.4 Å². The third kappa shape index (κ3) is 2.49. The van der Waals surface area contributed by atoms with E-state index < -0.39 is 23.6 Å². The second-order valence-electron chi connectivity index (χ2n) is 4.28. The first-order valence-electron chi connectivity index (χ1n) is 5.69. The van der Waals surface area contributed by atoms with Gasteiger partial charge in [0.25, 0.3) is 0 Å². The topological polar surface area (TPSA) is 69.6 Å². The van der Waals surface area contributed by atoms with Gasteiger partial charge in [-0.25, -0.2) is 8.78 Å². The molecule has 2 N–H and O–H groups in total. The maximum atomic E-state index is 13.2. The van der Waals surface area contributed by atoms with Crippen LogP contribution in [0.4, 0.5) is 20.2 Å². The largest absolute Gasteiger partial charge is 0.481 e. The van der Waals surface area contributed by atoms with Crippen LogP contribution in [0.2, 0.25) is 0 Å². The number of carbonyl (C=O) groups is 2. The molecule has 1 unspecified atom stereocenters. The summed E-state index contributed by atoms with van der Waals surface area (Å²) in [6.45, 7) is 1.48. The molecule has 0 aromatic heterocycles. The standard InChI is InChI=1S/C12H12F2N2O3/c1-6-12(19)16(3-2-11(17)18)10-5-8(14)7(13)4-9(10)15-6/h4-6,15H,2-3H2,1H3,(H,17,18).